The predicted molar refractivity (Wildman–Crippen MR) is 64.1 cm³/mol. The second-order valence-electron chi connectivity index (χ2n) is 5.19. The zero-order valence-electron chi connectivity index (χ0n) is 10.9. The number of nitrogens with zero attached hydrogens (tertiary/aromatic N) is 1. The normalized spacial score (nSPS) is 20.9. The van der Waals surface area contributed by atoms with Gasteiger partial charge in [0, 0.05) is 6.54 Å². The van der Waals surface area contributed by atoms with Crippen LogP contribution >= 0.6 is 0 Å². The molecule has 1 heterocycles. The first-order valence-electron chi connectivity index (χ1n) is 6.06. The average molecular weight is 228 g/mol. The van der Waals surface area contributed by atoms with Crippen molar-refractivity contribution < 1.29 is 9.53 Å². The largest absolute Gasteiger partial charge is 0.377 e. The molecular formula is C12H24N2O2. The summed E-state index contributed by atoms with van der Waals surface area (Å²) in [5.74, 6) is 0.0609. The van der Waals surface area contributed by atoms with Crippen molar-refractivity contribution in [1.82, 2.24) is 4.90 Å². The van der Waals surface area contributed by atoms with E-state index in [2.05, 4.69) is 0 Å². The molecule has 0 aliphatic carbocycles. The Morgan fingerprint density at radius 1 is 1.44 bits per heavy atom. The van der Waals surface area contributed by atoms with Crippen LogP contribution in [0.5, 0.6) is 0 Å². The summed E-state index contributed by atoms with van der Waals surface area (Å²) < 4.78 is 5.41. The van der Waals surface area contributed by atoms with Crippen LogP contribution in [0.4, 0.5) is 0 Å². The van der Waals surface area contributed by atoms with Crippen LogP contribution in [0.2, 0.25) is 0 Å². The maximum atomic E-state index is 12.4. The van der Waals surface area contributed by atoms with Gasteiger partial charge in [-0.25, -0.2) is 0 Å². The van der Waals surface area contributed by atoms with E-state index in [1.807, 2.05) is 32.6 Å². The molecule has 0 aromatic carbocycles. The molecule has 1 aliphatic heterocycles. The summed E-state index contributed by atoms with van der Waals surface area (Å²) in [4.78, 5) is 14.3. The van der Waals surface area contributed by atoms with Crippen molar-refractivity contribution in [3.63, 3.8) is 0 Å². The summed E-state index contributed by atoms with van der Waals surface area (Å²) in [5, 5.41) is 0. The first-order valence-corrected chi connectivity index (χ1v) is 6.06. The van der Waals surface area contributed by atoms with E-state index in [0.717, 1.165) is 0 Å². The topological polar surface area (TPSA) is 55.6 Å². The van der Waals surface area contributed by atoms with E-state index in [1.54, 1.807) is 0 Å². The average Bonchev–Trinajstić information content (AvgIpc) is 2.26. The minimum atomic E-state index is -0.714. The van der Waals surface area contributed by atoms with Crippen molar-refractivity contribution in [2.75, 3.05) is 19.8 Å². The number of nitrogens with two attached hydrogens (primary N) is 1. The standard InChI is InChI=1S/C12H24N2O2/c1-5-12(13,6-2)10(15)14-7-8-16-9-11(14,3)4/h5-9,13H2,1-4H3. The van der Waals surface area contributed by atoms with E-state index in [9.17, 15) is 4.79 Å². The summed E-state index contributed by atoms with van der Waals surface area (Å²) in [6.07, 6.45) is 1.35. The number of hydrogen-bond donors (Lipinski definition) is 1. The number of amides is 1. The highest BCUT2D eigenvalue weighted by atomic mass is 16.5. The van der Waals surface area contributed by atoms with E-state index >= 15 is 0 Å². The number of carbonyl (C=O) groups excluding carboxylic acids is 1. The van der Waals surface area contributed by atoms with E-state index in [1.165, 1.54) is 0 Å². The van der Waals surface area contributed by atoms with E-state index in [4.69, 9.17) is 10.5 Å². The first kappa shape index (κ1) is 13.5. The van der Waals surface area contributed by atoms with Gasteiger partial charge < -0.3 is 15.4 Å². The second-order valence-corrected chi connectivity index (χ2v) is 5.19. The zero-order chi connectivity index (χ0) is 12.4. The Morgan fingerprint density at radius 2 is 2.00 bits per heavy atom. The van der Waals surface area contributed by atoms with Gasteiger partial charge in [0.2, 0.25) is 5.91 Å². The summed E-state index contributed by atoms with van der Waals surface area (Å²) in [7, 11) is 0. The molecule has 2 N–H and O–H groups in total. The summed E-state index contributed by atoms with van der Waals surface area (Å²) in [5.41, 5.74) is 5.20. The molecule has 0 bridgehead atoms. The lowest BCUT2D eigenvalue weighted by Crippen LogP contribution is -2.63. The van der Waals surface area contributed by atoms with Crippen molar-refractivity contribution >= 4 is 5.91 Å². The molecule has 4 heteroatoms. The monoisotopic (exact) mass is 228 g/mol. The molecule has 0 spiro atoms. The number of morpholine rings is 1. The summed E-state index contributed by atoms with van der Waals surface area (Å²) in [6.45, 7) is 9.82. The molecule has 1 rings (SSSR count). The molecule has 1 amide bonds. The molecule has 0 aromatic heterocycles. The Kier molecular flexibility index (Phi) is 3.97. The molecule has 4 nitrogen and oxygen atoms in total. The highest BCUT2D eigenvalue weighted by molar-refractivity contribution is 5.86. The van der Waals surface area contributed by atoms with E-state index in [0.29, 0.717) is 32.6 Å². The third-order valence-corrected chi connectivity index (χ3v) is 3.58. The molecule has 0 radical (unpaired) electrons. The molecular weight excluding hydrogens is 204 g/mol. The number of rotatable bonds is 3. The minimum Gasteiger partial charge on any atom is -0.377 e. The van der Waals surface area contributed by atoms with Gasteiger partial charge in [-0.15, -0.1) is 0 Å². The Labute approximate surface area is 98.1 Å². The second kappa shape index (κ2) is 4.72. The third-order valence-electron chi connectivity index (χ3n) is 3.58. The number of ether oxygens (including phenoxy) is 1. The summed E-state index contributed by atoms with van der Waals surface area (Å²) in [6, 6.07) is 0. The zero-order valence-corrected chi connectivity index (χ0v) is 10.9. The van der Waals surface area contributed by atoms with Crippen LogP contribution in [0.15, 0.2) is 0 Å². The van der Waals surface area contributed by atoms with Crippen molar-refractivity contribution in [2.24, 2.45) is 5.73 Å². The van der Waals surface area contributed by atoms with E-state index in [-0.39, 0.29) is 11.4 Å². The Balaban J connectivity index is 2.87. The first-order chi connectivity index (χ1) is 7.37. The highest BCUT2D eigenvalue weighted by Crippen LogP contribution is 2.24. The van der Waals surface area contributed by atoms with Gasteiger partial charge >= 0.3 is 0 Å². The van der Waals surface area contributed by atoms with Crippen molar-refractivity contribution in [3.05, 3.63) is 0 Å². The lowest BCUT2D eigenvalue weighted by molar-refractivity contribution is -0.152. The van der Waals surface area contributed by atoms with Gasteiger partial charge in [-0.3, -0.25) is 4.79 Å². The van der Waals surface area contributed by atoms with Gasteiger partial charge in [-0.1, -0.05) is 13.8 Å². The quantitative estimate of drug-likeness (QED) is 0.788. The van der Waals surface area contributed by atoms with E-state index < -0.39 is 5.54 Å². The molecule has 1 saturated heterocycles. The van der Waals surface area contributed by atoms with Gasteiger partial charge in [0.25, 0.3) is 0 Å². The van der Waals surface area contributed by atoms with Crippen LogP contribution in [-0.2, 0) is 9.53 Å². The van der Waals surface area contributed by atoms with Crippen molar-refractivity contribution in [3.8, 4) is 0 Å². The number of carbonyl (C=O) groups is 1. The fourth-order valence-corrected chi connectivity index (χ4v) is 2.06. The van der Waals surface area contributed by atoms with Gasteiger partial charge in [-0.2, -0.15) is 0 Å². The summed E-state index contributed by atoms with van der Waals surface area (Å²) >= 11 is 0. The lowest BCUT2D eigenvalue weighted by Gasteiger charge is -2.45. The van der Waals surface area contributed by atoms with Crippen LogP contribution in [0.1, 0.15) is 40.5 Å². The fourth-order valence-electron chi connectivity index (χ4n) is 2.06. The van der Waals surface area contributed by atoms with Crippen LogP contribution in [-0.4, -0.2) is 41.6 Å². The Bertz CT molecular complexity index is 260. The molecule has 94 valence electrons. The maximum Gasteiger partial charge on any atom is 0.243 e. The molecule has 0 unspecified atom stereocenters. The van der Waals surface area contributed by atoms with Crippen molar-refractivity contribution in [2.45, 2.75) is 51.6 Å². The smallest absolute Gasteiger partial charge is 0.243 e. The van der Waals surface area contributed by atoms with Gasteiger partial charge in [0.1, 0.15) is 0 Å². The van der Waals surface area contributed by atoms with Crippen LogP contribution in [0, 0.1) is 0 Å². The highest BCUT2D eigenvalue weighted by Gasteiger charge is 2.41. The molecule has 1 fully saturated rings. The molecule has 1 aliphatic rings. The predicted octanol–water partition coefficient (Wildman–Crippen LogP) is 1.14. The maximum absolute atomic E-state index is 12.4. The fraction of sp³-hybridized carbons (Fsp3) is 0.917. The van der Waals surface area contributed by atoms with Crippen LogP contribution in [0.25, 0.3) is 0 Å². The lowest BCUT2D eigenvalue weighted by atomic mass is 9.89. The molecule has 0 aromatic rings. The molecule has 0 saturated carbocycles. The van der Waals surface area contributed by atoms with Gasteiger partial charge in [0.15, 0.2) is 0 Å². The molecule has 0 atom stereocenters. The van der Waals surface area contributed by atoms with Gasteiger partial charge in [-0.05, 0) is 26.7 Å². The Hall–Kier alpha value is -0.610. The number of hydrogen-bond acceptors (Lipinski definition) is 3. The van der Waals surface area contributed by atoms with Gasteiger partial charge in [0.05, 0.1) is 24.3 Å². The minimum absolute atomic E-state index is 0.0609. The molecule has 16 heavy (non-hydrogen) atoms. The van der Waals surface area contributed by atoms with Crippen molar-refractivity contribution in [1.29, 1.82) is 0 Å². The van der Waals surface area contributed by atoms with Crippen LogP contribution in [0.3, 0.4) is 0 Å². The Morgan fingerprint density at radius 3 is 2.44 bits per heavy atom. The third kappa shape index (κ3) is 2.38. The SMILES string of the molecule is CCC(N)(CC)C(=O)N1CCOCC1(C)C. The van der Waals surface area contributed by atoms with Crippen LogP contribution < -0.4 is 5.73 Å².